The summed E-state index contributed by atoms with van der Waals surface area (Å²) in [5.74, 6) is 7.46. The molecule has 4 aromatic carbocycles. The molecule has 12 rings (SSSR count). The molecule has 0 amide bonds. The van der Waals surface area contributed by atoms with Gasteiger partial charge in [0, 0.05) is 68.0 Å². The van der Waals surface area contributed by atoms with Gasteiger partial charge in [-0.25, -0.2) is 29.9 Å². The van der Waals surface area contributed by atoms with Crippen molar-refractivity contribution in [3.8, 4) is 63.3 Å². The molecule has 0 spiro atoms. The number of nitrogens with zero attached hydrogens (tertiary/aromatic N) is 10. The van der Waals surface area contributed by atoms with E-state index in [0.29, 0.717) is 48.5 Å². The van der Waals surface area contributed by atoms with Crippen LogP contribution in [0.3, 0.4) is 0 Å². The van der Waals surface area contributed by atoms with Crippen LogP contribution in [-0.2, 0) is 0 Å². The van der Waals surface area contributed by atoms with Crippen LogP contribution in [0.1, 0.15) is 79.6 Å². The number of phenols is 1. The average molecular weight is 1250 g/mol. The summed E-state index contributed by atoms with van der Waals surface area (Å²) in [7, 11) is 0. The molecular formula is C64H77BrN12O6S2. The Labute approximate surface area is 514 Å². The van der Waals surface area contributed by atoms with Crippen molar-refractivity contribution in [2.45, 2.75) is 82.1 Å². The highest BCUT2D eigenvalue weighted by molar-refractivity contribution is 9.10. The third kappa shape index (κ3) is 15.7. The molecule has 21 heteroatoms. The normalized spacial score (nSPS) is 13.1. The van der Waals surface area contributed by atoms with Gasteiger partial charge in [-0.05, 0) is 125 Å². The van der Waals surface area contributed by atoms with E-state index in [2.05, 4.69) is 50.2 Å². The first-order valence-corrected chi connectivity index (χ1v) is 30.9. The lowest BCUT2D eigenvalue weighted by molar-refractivity contribution is 0.309. The van der Waals surface area contributed by atoms with Crippen LogP contribution < -0.4 is 44.1 Å². The summed E-state index contributed by atoms with van der Waals surface area (Å²) in [4.78, 5) is 45.1. The molecule has 3 N–H and O–H groups in total. The monoisotopic (exact) mass is 1250 g/mol. The quantitative estimate of drug-likeness (QED) is 0.0684. The van der Waals surface area contributed by atoms with Crippen molar-refractivity contribution in [3.05, 3.63) is 113 Å². The minimum atomic E-state index is 0. The fourth-order valence-electron chi connectivity index (χ4n) is 9.30. The maximum Gasteiger partial charge on any atom is 0.236 e. The van der Waals surface area contributed by atoms with Crippen molar-refractivity contribution in [1.82, 2.24) is 50.5 Å². The predicted molar refractivity (Wildman–Crippen MR) is 350 cm³/mol. The van der Waals surface area contributed by atoms with Crippen LogP contribution in [0.5, 0.6) is 40.5 Å². The van der Waals surface area contributed by atoms with Crippen molar-refractivity contribution in [1.29, 1.82) is 0 Å². The van der Waals surface area contributed by atoms with Gasteiger partial charge in [-0.1, -0.05) is 69.6 Å². The Kier molecular flexibility index (Phi) is 22.8. The molecule has 2 saturated heterocycles. The van der Waals surface area contributed by atoms with E-state index < -0.39 is 0 Å². The molecule has 2 aliphatic rings. The molecule has 10 aromatic rings. The smallest absolute Gasteiger partial charge is 0.236 e. The lowest BCUT2D eigenvalue weighted by Crippen LogP contribution is -2.44. The summed E-state index contributed by atoms with van der Waals surface area (Å²) in [6, 6.07) is 30.4. The van der Waals surface area contributed by atoms with E-state index in [1.807, 2.05) is 100 Å². The van der Waals surface area contributed by atoms with Gasteiger partial charge in [0.15, 0.2) is 11.6 Å². The number of fused-ring (bicyclic) bond motifs is 6. The zero-order chi connectivity index (χ0) is 57.7. The zero-order valence-electron chi connectivity index (χ0n) is 47.7. The Morgan fingerprint density at radius 1 is 0.494 bits per heavy atom. The van der Waals surface area contributed by atoms with Crippen molar-refractivity contribution < 1.29 is 28.8 Å². The minimum absolute atomic E-state index is 0. The zero-order valence-corrected chi connectivity index (χ0v) is 50.9. The van der Waals surface area contributed by atoms with Crippen LogP contribution in [0.4, 0.5) is 11.9 Å². The summed E-state index contributed by atoms with van der Waals surface area (Å²) >= 11 is 6.60. The lowest BCUT2D eigenvalue weighted by Gasteiger charge is -2.27. The van der Waals surface area contributed by atoms with Crippen molar-refractivity contribution >= 4 is 91.4 Å². The Balaban J connectivity index is 0.000000187. The van der Waals surface area contributed by atoms with E-state index in [4.69, 9.17) is 68.7 Å². The van der Waals surface area contributed by atoms with E-state index in [1.165, 1.54) is 0 Å². The predicted octanol–water partition coefficient (Wildman–Crippen LogP) is 14.4. The van der Waals surface area contributed by atoms with E-state index >= 15 is 0 Å². The molecule has 0 unspecified atom stereocenters. The number of anilines is 2. The number of benzene rings is 4. The first-order chi connectivity index (χ1) is 40.6. The van der Waals surface area contributed by atoms with Gasteiger partial charge in [0.05, 0.1) is 48.6 Å². The number of unbranched alkanes of at least 4 members (excludes halogenated alkanes) is 2. The largest absolute Gasteiger partial charge is 0.508 e. The van der Waals surface area contributed by atoms with E-state index in [0.717, 1.165) is 182 Å². The fraction of sp³-hybridized carbons (Fsp3) is 0.375. The summed E-state index contributed by atoms with van der Waals surface area (Å²) in [5.41, 5.74) is 5.42. The molecule has 0 atom stereocenters. The maximum absolute atomic E-state index is 8.97. The number of hydrogen-bond acceptors (Lipinski definition) is 20. The third-order valence-electron chi connectivity index (χ3n) is 13.6. The summed E-state index contributed by atoms with van der Waals surface area (Å²) in [6.07, 6.45) is 4.37. The number of aryl methyl sites for hydroxylation is 2. The molecule has 18 nitrogen and oxygen atoms in total. The molecule has 8 heterocycles. The number of piperazine rings is 2. The molecule has 448 valence electrons. The Morgan fingerprint density at radius 3 is 1.29 bits per heavy atom. The lowest BCUT2D eigenvalue weighted by atomic mass is 10.2. The standard InChI is InChI=1S/C31H34N6O3S.C21H21BrN6OS.C10H14O2.2CH4/c1-4-6-19-39-22-11-13-24(14-12-22)40-23-9-7-21(8-10-23)28-33-20(3)25-26-27(41-30(25)35-28)29(38-5-2)36-31(34-26)37-17-15-32-16-18-37;1-3-29-19-17-16(25-21(27-19)28-10-8-23-9-11-28)15-12(2)24-18(26-20(15)30-17)13-4-6-14(22)7-5-13;1-2-3-8-12-10-6-4-9(11)5-7-10;;/h7-14,32H,4-6,15-19H2,1-3H3;4-7,23H,3,8-11H2,1-2H3;4-7,11H,2-3,8H2,1H3;2*1H4. The van der Waals surface area contributed by atoms with Gasteiger partial charge in [0.1, 0.15) is 58.8 Å². The highest BCUT2D eigenvalue weighted by atomic mass is 79.9. The van der Waals surface area contributed by atoms with Crippen LogP contribution in [0, 0.1) is 13.8 Å². The number of rotatable bonds is 18. The first kappa shape index (κ1) is 63.5. The number of halogens is 1. The number of aromatic nitrogens is 8. The number of ether oxygens (including phenoxy) is 5. The molecule has 0 saturated carbocycles. The van der Waals surface area contributed by atoms with Gasteiger partial charge in [0.2, 0.25) is 23.7 Å². The number of thiophene rings is 2. The molecule has 2 fully saturated rings. The third-order valence-corrected chi connectivity index (χ3v) is 16.3. The molecular weight excluding hydrogens is 1180 g/mol. The van der Waals surface area contributed by atoms with Crippen LogP contribution in [0.25, 0.3) is 63.6 Å². The highest BCUT2D eigenvalue weighted by Gasteiger charge is 2.25. The van der Waals surface area contributed by atoms with E-state index in [-0.39, 0.29) is 20.6 Å². The second-order valence-electron chi connectivity index (χ2n) is 19.7. The number of phenolic OH excluding ortho intramolecular Hbond substituents is 1. The van der Waals surface area contributed by atoms with Gasteiger partial charge in [-0.2, -0.15) is 9.97 Å². The minimum Gasteiger partial charge on any atom is -0.508 e. The summed E-state index contributed by atoms with van der Waals surface area (Å²) in [6.45, 7) is 22.0. The molecule has 0 bridgehead atoms. The highest BCUT2D eigenvalue weighted by Crippen LogP contribution is 2.42. The summed E-state index contributed by atoms with van der Waals surface area (Å²) < 4.78 is 31.9. The van der Waals surface area contributed by atoms with E-state index in [9.17, 15) is 0 Å². The van der Waals surface area contributed by atoms with Crippen molar-refractivity contribution in [2.24, 2.45) is 0 Å². The SMILES string of the molecule is C.C.CCCCOc1ccc(O)cc1.CCCCOc1ccc(Oc2ccc(-c3nc(C)c4c(n3)sc3c(OCC)nc(N5CCNCC5)nc34)cc2)cc1.CCOc1nc(N2CCNCC2)nc2c1sc1nc(-c3ccc(Br)cc3)nc(C)c12. The van der Waals surface area contributed by atoms with Gasteiger partial charge in [0.25, 0.3) is 0 Å². The van der Waals surface area contributed by atoms with E-state index in [1.54, 1.807) is 46.9 Å². The van der Waals surface area contributed by atoms with Crippen LogP contribution in [0.15, 0.2) is 102 Å². The molecule has 0 radical (unpaired) electrons. The first-order valence-electron chi connectivity index (χ1n) is 28.4. The Hall–Kier alpha value is -7.56. The van der Waals surface area contributed by atoms with Gasteiger partial charge >= 0.3 is 0 Å². The second kappa shape index (κ2) is 30.5. The number of nitrogens with one attached hydrogen (secondary N) is 2. The molecule has 2 aliphatic heterocycles. The maximum atomic E-state index is 8.97. The number of aromatic hydroxyl groups is 1. The van der Waals surface area contributed by atoms with Gasteiger partial charge < -0.3 is 49.2 Å². The average Bonchev–Trinajstić information content (AvgIpc) is 1.97. The van der Waals surface area contributed by atoms with Crippen LogP contribution >= 0.6 is 38.6 Å². The van der Waals surface area contributed by atoms with Crippen LogP contribution in [0.2, 0.25) is 0 Å². The molecule has 85 heavy (non-hydrogen) atoms. The molecule has 0 aliphatic carbocycles. The number of hydrogen-bond donors (Lipinski definition) is 3. The van der Waals surface area contributed by atoms with Gasteiger partial charge in [-0.3, -0.25) is 0 Å². The Bertz CT molecular complexity index is 3750. The second-order valence-corrected chi connectivity index (χ2v) is 22.6. The van der Waals surface area contributed by atoms with Crippen LogP contribution in [-0.4, -0.2) is 124 Å². The van der Waals surface area contributed by atoms with Crippen molar-refractivity contribution in [2.75, 3.05) is 88.6 Å². The topological polar surface area (TPSA) is 200 Å². The molecule has 6 aromatic heterocycles. The summed E-state index contributed by atoms with van der Waals surface area (Å²) in [5, 5.41) is 17.7. The van der Waals surface area contributed by atoms with Gasteiger partial charge in [-0.15, -0.1) is 22.7 Å². The Morgan fingerprint density at radius 2 is 0.882 bits per heavy atom. The van der Waals surface area contributed by atoms with Crippen molar-refractivity contribution in [3.63, 3.8) is 0 Å². The fourth-order valence-corrected chi connectivity index (χ4v) is 11.8.